The summed E-state index contributed by atoms with van der Waals surface area (Å²) in [4.78, 5) is 45.5. The van der Waals surface area contributed by atoms with Crippen molar-refractivity contribution in [3.63, 3.8) is 0 Å². The predicted molar refractivity (Wildman–Crippen MR) is 218 cm³/mol. The topological polar surface area (TPSA) is 118 Å². The minimum atomic E-state index is -0.766. The molecule has 55 heavy (non-hydrogen) atoms. The molecule has 2 aromatic heterocycles. The molecule has 11 heteroatoms. The van der Waals surface area contributed by atoms with Gasteiger partial charge in [-0.1, -0.05) is 64.6 Å². The average molecular weight is 751 g/mol. The first-order chi connectivity index (χ1) is 26.3. The normalized spacial score (nSPS) is 15.0. The van der Waals surface area contributed by atoms with Gasteiger partial charge in [0, 0.05) is 68.8 Å². The third kappa shape index (κ3) is 9.45. The lowest BCUT2D eigenvalue weighted by Gasteiger charge is -2.34. The number of hydrogen-bond acceptors (Lipinski definition) is 8. The molecule has 1 aliphatic heterocycles. The van der Waals surface area contributed by atoms with Crippen LogP contribution < -0.4 is 10.7 Å². The molecule has 3 unspecified atom stereocenters. The standard InChI is InChI=1S/C44H58N6O5/c1-10-48(7)40(29(2)3)42(52)47-37(43(53)50-22-12-11-21-46-50)24-31-15-13-16-32(23-31)33-18-19-38-35(25-33)36(26-44(5,6)27-55-28-51)41(49(38)8)34-17-14-20-45-39(34)30(4)54-9/h10,13-20,23,25,28-30,37,40,46H,1,11-12,21-22,24,26-27H2,2-9H3,(H,47,52). The quantitative estimate of drug-likeness (QED) is 0.116. The molecule has 0 spiro atoms. The molecule has 3 heterocycles. The van der Waals surface area contributed by atoms with Gasteiger partial charge in [-0.25, -0.2) is 5.43 Å². The van der Waals surface area contributed by atoms with Crippen molar-refractivity contribution in [3.8, 4) is 22.4 Å². The van der Waals surface area contributed by atoms with Gasteiger partial charge in [-0.3, -0.25) is 24.4 Å². The molecule has 1 aliphatic rings. The van der Waals surface area contributed by atoms with Gasteiger partial charge in [-0.15, -0.1) is 0 Å². The average Bonchev–Trinajstić information content (AvgIpc) is 3.45. The van der Waals surface area contributed by atoms with Crippen molar-refractivity contribution in [3.05, 3.63) is 90.4 Å². The largest absolute Gasteiger partial charge is 0.467 e. The van der Waals surface area contributed by atoms with E-state index < -0.39 is 12.1 Å². The summed E-state index contributed by atoms with van der Waals surface area (Å²) in [5, 5.41) is 5.86. The van der Waals surface area contributed by atoms with E-state index in [-0.39, 0.29) is 35.9 Å². The molecule has 1 fully saturated rings. The van der Waals surface area contributed by atoms with E-state index in [0.29, 0.717) is 25.9 Å². The first-order valence-corrected chi connectivity index (χ1v) is 19.2. The summed E-state index contributed by atoms with van der Waals surface area (Å²) in [7, 11) is 5.59. The number of nitrogens with one attached hydrogen (secondary N) is 2. The van der Waals surface area contributed by atoms with Crippen molar-refractivity contribution >= 4 is 29.2 Å². The SMILES string of the molecule is C=CN(C)C(C(=O)NC(Cc1cccc(-c2ccc3c(c2)c(CC(C)(C)COC=O)c(-c2cccnc2C(C)OC)n3C)c1)C(=O)N1CCCCN1)C(C)C. The van der Waals surface area contributed by atoms with E-state index in [4.69, 9.17) is 14.5 Å². The number of fused-ring (bicyclic) bond motifs is 1. The van der Waals surface area contributed by atoms with Gasteiger partial charge in [0.15, 0.2) is 0 Å². The van der Waals surface area contributed by atoms with Gasteiger partial charge < -0.3 is 24.3 Å². The minimum absolute atomic E-state index is 0.00439. The van der Waals surface area contributed by atoms with E-state index in [9.17, 15) is 14.4 Å². The predicted octanol–water partition coefficient (Wildman–Crippen LogP) is 6.61. The molecule has 2 amide bonds. The van der Waals surface area contributed by atoms with Crippen LogP contribution in [-0.4, -0.2) is 83.7 Å². The zero-order chi connectivity index (χ0) is 39.9. The van der Waals surface area contributed by atoms with E-state index in [0.717, 1.165) is 69.5 Å². The lowest BCUT2D eigenvalue weighted by molar-refractivity contribution is -0.141. The molecule has 2 N–H and O–H groups in total. The molecular weight excluding hydrogens is 693 g/mol. The summed E-state index contributed by atoms with van der Waals surface area (Å²) in [6, 6.07) is 17.5. The number of methoxy groups -OCH3 is 1. The van der Waals surface area contributed by atoms with Crippen LogP contribution in [0.15, 0.2) is 73.6 Å². The van der Waals surface area contributed by atoms with Crippen LogP contribution in [0.4, 0.5) is 0 Å². The fourth-order valence-electron chi connectivity index (χ4n) is 7.77. The van der Waals surface area contributed by atoms with Gasteiger partial charge in [-0.05, 0) is 84.8 Å². The molecule has 0 bridgehead atoms. The number of pyridine rings is 1. The molecule has 4 aromatic rings. The summed E-state index contributed by atoms with van der Waals surface area (Å²) in [6.07, 6.45) is 6.08. The number of carbonyl (C=O) groups excluding carboxylic acids is 3. The number of likely N-dealkylation sites (N-methyl/N-ethyl adjacent to an activating group) is 1. The van der Waals surface area contributed by atoms with Gasteiger partial charge in [0.2, 0.25) is 5.91 Å². The van der Waals surface area contributed by atoms with Crippen LogP contribution >= 0.6 is 0 Å². The molecule has 5 rings (SSSR count). The van der Waals surface area contributed by atoms with Gasteiger partial charge in [0.1, 0.15) is 12.1 Å². The van der Waals surface area contributed by atoms with Gasteiger partial charge in [-0.2, -0.15) is 0 Å². The molecule has 3 atom stereocenters. The Morgan fingerprint density at radius 2 is 1.85 bits per heavy atom. The van der Waals surface area contributed by atoms with Gasteiger partial charge in [0.25, 0.3) is 12.4 Å². The number of carbonyl (C=O) groups is 3. The van der Waals surface area contributed by atoms with Crippen LogP contribution in [0.2, 0.25) is 0 Å². The lowest BCUT2D eigenvalue weighted by Crippen LogP contribution is -2.58. The molecule has 1 saturated heterocycles. The van der Waals surface area contributed by atoms with Crippen LogP contribution in [0.25, 0.3) is 33.3 Å². The van der Waals surface area contributed by atoms with Gasteiger partial charge >= 0.3 is 0 Å². The van der Waals surface area contributed by atoms with Crippen molar-refractivity contribution in [2.24, 2.45) is 18.4 Å². The van der Waals surface area contributed by atoms with Gasteiger partial charge in [0.05, 0.1) is 24.1 Å². The maximum atomic E-state index is 14.0. The van der Waals surface area contributed by atoms with E-state index in [2.05, 4.69) is 79.2 Å². The monoisotopic (exact) mass is 750 g/mol. The second-order valence-corrected chi connectivity index (χ2v) is 15.8. The Balaban J connectivity index is 1.57. The molecule has 2 aromatic carbocycles. The zero-order valence-corrected chi connectivity index (χ0v) is 33.7. The highest BCUT2D eigenvalue weighted by molar-refractivity contribution is 5.95. The fraction of sp³-hybridized carbons (Fsp3) is 0.455. The van der Waals surface area contributed by atoms with E-state index in [1.807, 2.05) is 46.0 Å². The third-order valence-corrected chi connectivity index (χ3v) is 10.7. The van der Waals surface area contributed by atoms with Crippen molar-refractivity contribution in [2.45, 2.75) is 78.5 Å². The highest BCUT2D eigenvalue weighted by atomic mass is 16.5. The Bertz CT molecular complexity index is 1980. The molecule has 0 radical (unpaired) electrons. The van der Waals surface area contributed by atoms with Crippen LogP contribution in [0.5, 0.6) is 0 Å². The molecule has 0 saturated carbocycles. The summed E-state index contributed by atoms with van der Waals surface area (Å²) >= 11 is 0. The van der Waals surface area contributed by atoms with Crippen molar-refractivity contribution < 1.29 is 23.9 Å². The van der Waals surface area contributed by atoms with Crippen molar-refractivity contribution in [1.29, 1.82) is 0 Å². The third-order valence-electron chi connectivity index (χ3n) is 10.7. The highest BCUT2D eigenvalue weighted by Crippen LogP contribution is 2.41. The van der Waals surface area contributed by atoms with Crippen LogP contribution in [0.1, 0.15) is 70.4 Å². The smallest absolute Gasteiger partial charge is 0.293 e. The van der Waals surface area contributed by atoms with E-state index in [1.54, 1.807) is 29.4 Å². The first kappa shape index (κ1) is 41.2. The van der Waals surface area contributed by atoms with E-state index >= 15 is 0 Å². The van der Waals surface area contributed by atoms with Crippen LogP contribution in [0.3, 0.4) is 0 Å². The summed E-state index contributed by atoms with van der Waals surface area (Å²) in [6.45, 7) is 16.1. The number of hydrogen-bond donors (Lipinski definition) is 2. The molecule has 0 aliphatic carbocycles. The first-order valence-electron chi connectivity index (χ1n) is 19.2. The summed E-state index contributed by atoms with van der Waals surface area (Å²) in [5.74, 6) is -0.353. The van der Waals surface area contributed by atoms with Crippen LogP contribution in [-0.2, 0) is 43.7 Å². The number of nitrogens with zero attached hydrogens (tertiary/aromatic N) is 4. The Morgan fingerprint density at radius 1 is 1.09 bits per heavy atom. The Hall–Kier alpha value is -5.00. The Morgan fingerprint density at radius 3 is 2.53 bits per heavy atom. The van der Waals surface area contributed by atoms with Crippen molar-refractivity contribution in [2.75, 3.05) is 33.9 Å². The summed E-state index contributed by atoms with van der Waals surface area (Å²) in [5.41, 5.74) is 10.9. The second kappa shape index (κ2) is 18.1. The fourth-order valence-corrected chi connectivity index (χ4v) is 7.77. The van der Waals surface area contributed by atoms with Crippen LogP contribution in [0, 0.1) is 11.3 Å². The molecule has 11 nitrogen and oxygen atoms in total. The number of aromatic nitrogens is 2. The number of hydrazine groups is 1. The Labute approximate surface area is 326 Å². The number of benzene rings is 2. The zero-order valence-electron chi connectivity index (χ0n) is 33.7. The number of ether oxygens (including phenoxy) is 2. The number of aryl methyl sites for hydroxylation is 1. The summed E-state index contributed by atoms with van der Waals surface area (Å²) < 4.78 is 13.2. The highest BCUT2D eigenvalue weighted by Gasteiger charge is 2.33. The molecule has 294 valence electrons. The number of amides is 2. The number of rotatable bonds is 17. The lowest BCUT2D eigenvalue weighted by atomic mass is 9.84. The Kier molecular flexibility index (Phi) is 13.5. The second-order valence-electron chi connectivity index (χ2n) is 15.8. The maximum absolute atomic E-state index is 14.0. The maximum Gasteiger partial charge on any atom is 0.293 e. The molecular formula is C44H58N6O5. The minimum Gasteiger partial charge on any atom is -0.467 e. The van der Waals surface area contributed by atoms with E-state index in [1.165, 1.54) is 0 Å². The van der Waals surface area contributed by atoms with Crippen molar-refractivity contribution in [1.82, 2.24) is 30.2 Å².